The lowest BCUT2D eigenvalue weighted by Crippen LogP contribution is -2.32. The summed E-state index contributed by atoms with van der Waals surface area (Å²) in [6, 6.07) is 0.133. The number of rotatable bonds is 3. The minimum Gasteiger partial charge on any atom is -0.449 e. The molecule has 76 valence electrons. The van der Waals surface area contributed by atoms with Crippen LogP contribution in [0.1, 0.15) is 34.6 Å². The predicted molar refractivity (Wildman–Crippen MR) is 53.4 cm³/mol. The van der Waals surface area contributed by atoms with Crippen molar-refractivity contribution in [1.82, 2.24) is 4.90 Å². The van der Waals surface area contributed by atoms with Crippen LogP contribution in [0.2, 0.25) is 0 Å². The van der Waals surface area contributed by atoms with Gasteiger partial charge in [-0.05, 0) is 34.6 Å². The van der Waals surface area contributed by atoms with Crippen LogP contribution in [0.25, 0.3) is 0 Å². The van der Waals surface area contributed by atoms with E-state index in [-0.39, 0.29) is 12.1 Å². The van der Waals surface area contributed by atoms with E-state index in [1.165, 1.54) is 0 Å². The molecule has 13 heavy (non-hydrogen) atoms. The Balaban J connectivity index is 4.42. The van der Waals surface area contributed by atoms with Crippen molar-refractivity contribution in [2.75, 3.05) is 6.61 Å². The molecule has 0 spiro atoms. The molecule has 0 aromatic heterocycles. The summed E-state index contributed by atoms with van der Waals surface area (Å²) in [5.41, 5.74) is 1.08. The first-order valence-electron chi connectivity index (χ1n) is 4.59. The highest BCUT2D eigenvalue weighted by Crippen LogP contribution is 2.05. The lowest BCUT2D eigenvalue weighted by Gasteiger charge is -2.22. The van der Waals surface area contributed by atoms with E-state index in [9.17, 15) is 4.79 Å². The van der Waals surface area contributed by atoms with Gasteiger partial charge in [-0.25, -0.2) is 4.79 Å². The van der Waals surface area contributed by atoms with Crippen LogP contribution in [0.3, 0.4) is 0 Å². The smallest absolute Gasteiger partial charge is 0.414 e. The van der Waals surface area contributed by atoms with Gasteiger partial charge in [0.15, 0.2) is 0 Å². The number of amides is 1. The SMILES string of the molecule is CCOC(=O)N(C=C(C)C)C(C)C. The second-order valence-corrected chi connectivity index (χ2v) is 3.41. The molecule has 0 unspecified atom stereocenters. The number of ether oxygens (including phenoxy) is 1. The van der Waals surface area contributed by atoms with Gasteiger partial charge in [0, 0.05) is 12.2 Å². The van der Waals surface area contributed by atoms with Gasteiger partial charge in [0.05, 0.1) is 6.61 Å². The summed E-state index contributed by atoms with van der Waals surface area (Å²) >= 11 is 0. The van der Waals surface area contributed by atoms with E-state index in [0.717, 1.165) is 5.57 Å². The van der Waals surface area contributed by atoms with Gasteiger partial charge in [-0.3, -0.25) is 4.90 Å². The van der Waals surface area contributed by atoms with Crippen LogP contribution in [0.15, 0.2) is 11.8 Å². The summed E-state index contributed by atoms with van der Waals surface area (Å²) in [5.74, 6) is 0. The maximum atomic E-state index is 11.4. The standard InChI is InChI=1S/C10H19NO2/c1-6-13-10(12)11(9(4)5)7-8(2)3/h7,9H,6H2,1-5H3. The molecule has 0 aliphatic rings. The molecule has 3 nitrogen and oxygen atoms in total. The molecule has 0 fully saturated rings. The second-order valence-electron chi connectivity index (χ2n) is 3.41. The molecular weight excluding hydrogens is 166 g/mol. The first-order valence-corrected chi connectivity index (χ1v) is 4.59. The van der Waals surface area contributed by atoms with Crippen molar-refractivity contribution in [3.8, 4) is 0 Å². The molecule has 0 atom stereocenters. The molecule has 0 rings (SSSR count). The topological polar surface area (TPSA) is 29.5 Å². The zero-order valence-electron chi connectivity index (χ0n) is 9.13. The largest absolute Gasteiger partial charge is 0.449 e. The average molecular weight is 185 g/mol. The molecule has 0 bridgehead atoms. The van der Waals surface area contributed by atoms with Gasteiger partial charge < -0.3 is 4.74 Å². The molecule has 3 heteroatoms. The maximum absolute atomic E-state index is 11.4. The number of hydrogen-bond acceptors (Lipinski definition) is 2. The van der Waals surface area contributed by atoms with Gasteiger partial charge in [-0.1, -0.05) is 5.57 Å². The Morgan fingerprint density at radius 2 is 2.00 bits per heavy atom. The highest BCUT2D eigenvalue weighted by molar-refractivity contribution is 5.69. The fourth-order valence-corrected chi connectivity index (χ4v) is 0.889. The van der Waals surface area contributed by atoms with Crippen LogP contribution in [0.4, 0.5) is 4.79 Å². The molecule has 0 saturated carbocycles. The fraction of sp³-hybridized carbons (Fsp3) is 0.700. The van der Waals surface area contributed by atoms with Crippen molar-refractivity contribution in [2.24, 2.45) is 0 Å². The molecule has 0 aliphatic carbocycles. The first-order chi connectivity index (χ1) is 5.99. The van der Waals surface area contributed by atoms with Crippen LogP contribution in [-0.2, 0) is 4.74 Å². The quantitative estimate of drug-likeness (QED) is 0.676. The van der Waals surface area contributed by atoms with E-state index in [0.29, 0.717) is 6.61 Å². The zero-order chi connectivity index (χ0) is 10.4. The fourth-order valence-electron chi connectivity index (χ4n) is 0.889. The summed E-state index contributed by atoms with van der Waals surface area (Å²) in [6.45, 7) is 10.0. The Kier molecular flexibility index (Phi) is 5.19. The van der Waals surface area contributed by atoms with Crippen molar-refractivity contribution in [2.45, 2.75) is 40.7 Å². The third-order valence-electron chi connectivity index (χ3n) is 1.43. The van der Waals surface area contributed by atoms with Gasteiger partial charge in [0.25, 0.3) is 0 Å². The van der Waals surface area contributed by atoms with Gasteiger partial charge >= 0.3 is 6.09 Å². The Bertz CT molecular complexity index is 193. The normalized spacial score (nSPS) is 9.69. The number of allylic oxidation sites excluding steroid dienone is 1. The van der Waals surface area contributed by atoms with E-state index in [1.54, 1.807) is 11.8 Å². The first kappa shape index (κ1) is 12.0. The van der Waals surface area contributed by atoms with Crippen molar-refractivity contribution in [3.63, 3.8) is 0 Å². The van der Waals surface area contributed by atoms with Crippen molar-refractivity contribution >= 4 is 6.09 Å². The summed E-state index contributed by atoms with van der Waals surface area (Å²) in [6.07, 6.45) is 1.53. The Hall–Kier alpha value is -0.990. The maximum Gasteiger partial charge on any atom is 0.414 e. The van der Waals surface area contributed by atoms with Gasteiger partial charge in [-0.2, -0.15) is 0 Å². The van der Waals surface area contributed by atoms with Gasteiger partial charge in [0.1, 0.15) is 0 Å². The number of nitrogens with zero attached hydrogens (tertiary/aromatic N) is 1. The number of carbonyl (C=O) groups is 1. The molecule has 0 saturated heterocycles. The Labute approximate surface area is 80.4 Å². The van der Waals surface area contributed by atoms with Crippen LogP contribution in [0.5, 0.6) is 0 Å². The summed E-state index contributed by atoms with van der Waals surface area (Å²) in [4.78, 5) is 13.0. The van der Waals surface area contributed by atoms with E-state index in [2.05, 4.69) is 0 Å². The summed E-state index contributed by atoms with van der Waals surface area (Å²) in [7, 11) is 0. The minimum absolute atomic E-state index is 0.133. The van der Waals surface area contributed by atoms with Gasteiger partial charge in [0.2, 0.25) is 0 Å². The molecule has 0 aromatic rings. The lowest BCUT2D eigenvalue weighted by atomic mass is 10.3. The van der Waals surface area contributed by atoms with Gasteiger partial charge in [-0.15, -0.1) is 0 Å². The summed E-state index contributed by atoms with van der Waals surface area (Å²) < 4.78 is 4.91. The molecule has 0 aliphatic heterocycles. The van der Waals surface area contributed by atoms with Crippen molar-refractivity contribution in [3.05, 3.63) is 11.8 Å². The van der Waals surface area contributed by atoms with E-state index >= 15 is 0 Å². The number of hydrogen-bond donors (Lipinski definition) is 0. The van der Waals surface area contributed by atoms with E-state index in [1.807, 2.05) is 33.9 Å². The highest BCUT2D eigenvalue weighted by atomic mass is 16.6. The zero-order valence-corrected chi connectivity index (χ0v) is 9.13. The third kappa shape index (κ3) is 4.55. The van der Waals surface area contributed by atoms with E-state index < -0.39 is 0 Å². The highest BCUT2D eigenvalue weighted by Gasteiger charge is 2.14. The average Bonchev–Trinajstić information content (AvgIpc) is 1.99. The van der Waals surface area contributed by atoms with E-state index in [4.69, 9.17) is 4.74 Å². The molecule has 0 N–H and O–H groups in total. The van der Waals surface area contributed by atoms with Crippen molar-refractivity contribution in [1.29, 1.82) is 0 Å². The molecule has 0 heterocycles. The Morgan fingerprint density at radius 1 is 1.46 bits per heavy atom. The van der Waals surface area contributed by atoms with Crippen LogP contribution in [-0.4, -0.2) is 23.6 Å². The number of carbonyl (C=O) groups excluding carboxylic acids is 1. The summed E-state index contributed by atoms with van der Waals surface area (Å²) in [5, 5.41) is 0. The molecule has 0 radical (unpaired) electrons. The monoisotopic (exact) mass is 185 g/mol. The van der Waals surface area contributed by atoms with Crippen LogP contribution >= 0.6 is 0 Å². The molecule has 1 amide bonds. The predicted octanol–water partition coefficient (Wildman–Crippen LogP) is 2.78. The molecule has 0 aromatic carbocycles. The molecular formula is C10H19NO2. The van der Waals surface area contributed by atoms with Crippen LogP contribution in [0, 0.1) is 0 Å². The van der Waals surface area contributed by atoms with Crippen LogP contribution < -0.4 is 0 Å². The Morgan fingerprint density at radius 3 is 2.31 bits per heavy atom. The second kappa shape index (κ2) is 5.62. The van der Waals surface area contributed by atoms with Crippen molar-refractivity contribution < 1.29 is 9.53 Å². The third-order valence-corrected chi connectivity index (χ3v) is 1.43. The lowest BCUT2D eigenvalue weighted by molar-refractivity contribution is 0.114. The minimum atomic E-state index is -0.279.